The molecule has 1 aliphatic heterocycles. The van der Waals surface area contributed by atoms with Crippen molar-refractivity contribution in [1.82, 2.24) is 15.0 Å². The molecule has 0 fully saturated rings. The number of rotatable bonds is 2. The summed E-state index contributed by atoms with van der Waals surface area (Å²) < 4.78 is 10.2. The fraction of sp³-hybridized carbons (Fsp3) is 0.188. The summed E-state index contributed by atoms with van der Waals surface area (Å²) in [6.07, 6.45) is 0. The van der Waals surface area contributed by atoms with E-state index in [-0.39, 0.29) is 5.69 Å². The number of fused-ring (bicyclic) bond motifs is 2. The number of nitrogens with zero attached hydrogens (tertiary/aromatic N) is 2. The van der Waals surface area contributed by atoms with Crippen LogP contribution in [0.3, 0.4) is 0 Å². The van der Waals surface area contributed by atoms with Crippen molar-refractivity contribution in [2.45, 2.75) is 13.2 Å². The van der Waals surface area contributed by atoms with Gasteiger partial charge < -0.3 is 14.5 Å². The molecule has 0 atom stereocenters. The highest BCUT2D eigenvalue weighted by molar-refractivity contribution is 5.90. The number of hydrogen-bond acceptors (Lipinski definition) is 5. The van der Waals surface area contributed by atoms with Gasteiger partial charge >= 0.3 is 5.97 Å². The van der Waals surface area contributed by atoms with Crippen LogP contribution in [0.25, 0.3) is 22.6 Å². The summed E-state index contributed by atoms with van der Waals surface area (Å²) in [6, 6.07) is 9.46. The summed E-state index contributed by atoms with van der Waals surface area (Å²) in [5, 5.41) is 0. The minimum Gasteiger partial charge on any atom is -0.464 e. The van der Waals surface area contributed by atoms with Crippen LogP contribution in [0, 0.1) is 0 Å². The molecule has 1 aromatic carbocycles. The van der Waals surface area contributed by atoms with Gasteiger partial charge in [0.2, 0.25) is 0 Å². The first-order valence-corrected chi connectivity index (χ1v) is 6.90. The number of imidazole rings is 1. The lowest BCUT2D eigenvalue weighted by molar-refractivity contribution is 0.0594. The van der Waals surface area contributed by atoms with Crippen LogP contribution in [0.5, 0.6) is 0 Å². The van der Waals surface area contributed by atoms with Crippen LogP contribution in [0.4, 0.5) is 0 Å². The van der Waals surface area contributed by atoms with Gasteiger partial charge in [0, 0.05) is 5.56 Å². The summed E-state index contributed by atoms with van der Waals surface area (Å²) in [6.45, 7) is 1.22. The van der Waals surface area contributed by atoms with Gasteiger partial charge in [-0.2, -0.15) is 0 Å². The number of esters is 1. The lowest BCUT2D eigenvalue weighted by Crippen LogP contribution is -2.03. The Balaban J connectivity index is 1.84. The minimum atomic E-state index is -0.472. The second-order valence-corrected chi connectivity index (χ2v) is 5.08. The van der Waals surface area contributed by atoms with Crippen molar-refractivity contribution < 1.29 is 14.3 Å². The number of hydrogen-bond donors (Lipinski definition) is 1. The lowest BCUT2D eigenvalue weighted by atomic mass is 10.0. The zero-order valence-corrected chi connectivity index (χ0v) is 11.9. The molecule has 0 amide bonds. The van der Waals surface area contributed by atoms with Crippen molar-refractivity contribution in [3.63, 3.8) is 0 Å². The number of aromatic amines is 1. The maximum absolute atomic E-state index is 11.5. The first kappa shape index (κ1) is 13.0. The fourth-order valence-corrected chi connectivity index (χ4v) is 2.66. The molecule has 0 radical (unpaired) electrons. The van der Waals surface area contributed by atoms with Gasteiger partial charge in [-0.1, -0.05) is 18.2 Å². The zero-order chi connectivity index (χ0) is 15.1. The molecule has 3 aromatic rings. The third-order valence-electron chi connectivity index (χ3n) is 3.77. The Morgan fingerprint density at radius 1 is 1.23 bits per heavy atom. The molecule has 4 rings (SSSR count). The van der Waals surface area contributed by atoms with Crippen molar-refractivity contribution in [1.29, 1.82) is 0 Å². The predicted molar refractivity (Wildman–Crippen MR) is 79.2 cm³/mol. The maximum Gasteiger partial charge on any atom is 0.356 e. The van der Waals surface area contributed by atoms with E-state index in [1.807, 2.05) is 12.1 Å². The van der Waals surface area contributed by atoms with Crippen LogP contribution in [-0.4, -0.2) is 28.0 Å². The van der Waals surface area contributed by atoms with E-state index in [4.69, 9.17) is 4.74 Å². The molecule has 110 valence electrons. The second kappa shape index (κ2) is 4.92. The van der Waals surface area contributed by atoms with Crippen molar-refractivity contribution >= 4 is 17.1 Å². The maximum atomic E-state index is 11.5. The molecule has 0 aliphatic carbocycles. The zero-order valence-electron chi connectivity index (χ0n) is 11.9. The van der Waals surface area contributed by atoms with E-state index in [1.165, 1.54) is 12.7 Å². The first-order chi connectivity index (χ1) is 10.8. The van der Waals surface area contributed by atoms with Crippen molar-refractivity contribution in [2.24, 2.45) is 0 Å². The minimum absolute atomic E-state index is 0.245. The number of ether oxygens (including phenoxy) is 2. The quantitative estimate of drug-likeness (QED) is 0.735. The number of pyridine rings is 1. The highest BCUT2D eigenvalue weighted by atomic mass is 16.5. The summed E-state index contributed by atoms with van der Waals surface area (Å²) in [7, 11) is 1.33. The van der Waals surface area contributed by atoms with Crippen LogP contribution in [0.2, 0.25) is 0 Å². The molecule has 2 aromatic heterocycles. The van der Waals surface area contributed by atoms with E-state index >= 15 is 0 Å². The van der Waals surface area contributed by atoms with E-state index in [2.05, 4.69) is 25.8 Å². The number of H-pyrrole nitrogens is 1. The van der Waals surface area contributed by atoms with Gasteiger partial charge in [-0.05, 0) is 23.3 Å². The van der Waals surface area contributed by atoms with E-state index in [0.29, 0.717) is 18.9 Å². The van der Waals surface area contributed by atoms with Crippen molar-refractivity contribution in [3.8, 4) is 11.4 Å². The number of carbonyl (C=O) groups excluding carboxylic acids is 1. The molecule has 0 saturated heterocycles. The molecule has 6 heteroatoms. The molecule has 1 N–H and O–H groups in total. The van der Waals surface area contributed by atoms with Gasteiger partial charge in [0.05, 0.1) is 25.8 Å². The van der Waals surface area contributed by atoms with Gasteiger partial charge in [-0.15, -0.1) is 0 Å². The van der Waals surface area contributed by atoms with E-state index in [1.54, 1.807) is 12.1 Å². The first-order valence-electron chi connectivity index (χ1n) is 6.90. The highest BCUT2D eigenvalue weighted by Crippen LogP contribution is 2.30. The van der Waals surface area contributed by atoms with E-state index in [9.17, 15) is 4.79 Å². The van der Waals surface area contributed by atoms with Gasteiger partial charge in [0.25, 0.3) is 0 Å². The topological polar surface area (TPSA) is 77.1 Å². The Morgan fingerprint density at radius 3 is 3.00 bits per heavy atom. The number of nitrogens with one attached hydrogen (secondary N) is 1. The average molecular weight is 295 g/mol. The third kappa shape index (κ3) is 1.96. The molecular weight excluding hydrogens is 282 g/mol. The van der Waals surface area contributed by atoms with Crippen LogP contribution >= 0.6 is 0 Å². The Morgan fingerprint density at radius 2 is 2.14 bits per heavy atom. The Labute approximate surface area is 126 Å². The summed E-state index contributed by atoms with van der Waals surface area (Å²) in [4.78, 5) is 23.5. The Kier molecular flexibility index (Phi) is 2.90. The number of benzene rings is 1. The van der Waals surface area contributed by atoms with Gasteiger partial charge in [-0.3, -0.25) is 0 Å². The molecule has 0 spiro atoms. The van der Waals surface area contributed by atoms with Crippen molar-refractivity contribution in [2.75, 3.05) is 7.11 Å². The highest BCUT2D eigenvalue weighted by Gasteiger charge is 2.18. The van der Waals surface area contributed by atoms with Crippen LogP contribution in [0.1, 0.15) is 21.6 Å². The summed E-state index contributed by atoms with van der Waals surface area (Å²) in [5.41, 5.74) is 4.85. The van der Waals surface area contributed by atoms with Crippen LogP contribution < -0.4 is 0 Å². The van der Waals surface area contributed by atoms with Crippen LogP contribution in [0.15, 0.2) is 30.3 Å². The molecule has 0 saturated carbocycles. The largest absolute Gasteiger partial charge is 0.464 e. The lowest BCUT2D eigenvalue weighted by Gasteiger charge is -2.03. The predicted octanol–water partition coefficient (Wildman–Crippen LogP) is 2.44. The molecule has 22 heavy (non-hydrogen) atoms. The molecule has 3 heterocycles. The normalized spacial score (nSPS) is 13.3. The van der Waals surface area contributed by atoms with Crippen molar-refractivity contribution in [3.05, 3.63) is 47.2 Å². The Hall–Kier alpha value is -2.73. The average Bonchev–Trinajstić information content (AvgIpc) is 3.19. The monoisotopic (exact) mass is 295 g/mol. The van der Waals surface area contributed by atoms with E-state index < -0.39 is 5.97 Å². The number of carbonyl (C=O) groups is 1. The molecule has 6 nitrogen and oxygen atoms in total. The Bertz CT molecular complexity index is 885. The molecule has 0 bridgehead atoms. The third-order valence-corrected chi connectivity index (χ3v) is 3.77. The summed E-state index contributed by atoms with van der Waals surface area (Å²) in [5.74, 6) is 0.257. The number of methoxy groups -OCH3 is 1. The SMILES string of the molecule is COC(=O)c1ccc2[nH]c(-c3cccc4c3COC4)nc2n1. The smallest absolute Gasteiger partial charge is 0.356 e. The van der Waals surface area contributed by atoms with Crippen LogP contribution in [-0.2, 0) is 22.7 Å². The fourth-order valence-electron chi connectivity index (χ4n) is 2.66. The summed E-state index contributed by atoms with van der Waals surface area (Å²) >= 11 is 0. The second-order valence-electron chi connectivity index (χ2n) is 5.08. The molecule has 1 aliphatic rings. The number of aromatic nitrogens is 3. The molecule has 0 unspecified atom stereocenters. The standard InChI is InChI=1S/C16H13N3O3/c1-21-16(20)13-6-5-12-15(18-13)19-14(17-12)10-4-2-3-9-7-22-8-11(9)10/h2-6H,7-8H2,1H3,(H,17,18,19). The van der Waals surface area contributed by atoms with Gasteiger partial charge in [0.1, 0.15) is 5.82 Å². The molecular formula is C16H13N3O3. The van der Waals surface area contributed by atoms with Gasteiger partial charge in [0.15, 0.2) is 11.3 Å². The van der Waals surface area contributed by atoms with Gasteiger partial charge in [-0.25, -0.2) is 14.8 Å². The van der Waals surface area contributed by atoms with E-state index in [0.717, 1.165) is 22.5 Å².